The molecule has 0 spiro atoms. The smallest absolute Gasteiger partial charge is 0.339 e. The fourth-order valence-corrected chi connectivity index (χ4v) is 3.14. The van der Waals surface area contributed by atoms with Gasteiger partial charge >= 0.3 is 13.6 Å². The van der Waals surface area contributed by atoms with E-state index in [-0.39, 0.29) is 24.3 Å². The Morgan fingerprint density at radius 1 is 1.06 bits per heavy atom. The number of carboxylic acid groups (broad SMARTS) is 1. The molecule has 0 radical (unpaired) electrons. The third-order valence-electron chi connectivity index (χ3n) is 4.39. The van der Waals surface area contributed by atoms with Crippen LogP contribution in [0.25, 0.3) is 0 Å². The second-order valence-electron chi connectivity index (χ2n) is 7.97. The van der Waals surface area contributed by atoms with Crippen molar-refractivity contribution in [3.63, 3.8) is 0 Å². The maximum Gasteiger partial charge on any atom is 0.339 e. The fourth-order valence-electron chi connectivity index (χ4n) is 2.68. The molecule has 0 fully saturated rings. The van der Waals surface area contributed by atoms with Gasteiger partial charge in [-0.15, -0.1) is 0 Å². The molecule has 0 heterocycles. The van der Waals surface area contributed by atoms with Crippen LogP contribution >= 0.6 is 7.60 Å². The predicted octanol–water partition coefficient (Wildman–Crippen LogP) is 0.920. The quantitative estimate of drug-likeness (QED) is 0.192. The van der Waals surface area contributed by atoms with Crippen LogP contribution in [0, 0.1) is 29.4 Å². The lowest BCUT2D eigenvalue weighted by molar-refractivity contribution is -0.141. The van der Waals surface area contributed by atoms with Crippen molar-refractivity contribution in [2.75, 3.05) is 6.29 Å². The van der Waals surface area contributed by atoms with Crippen LogP contribution < -0.4 is 16.0 Å². The number of halogens is 2. The molecule has 0 aliphatic heterocycles. The van der Waals surface area contributed by atoms with Crippen LogP contribution in [0.4, 0.5) is 8.78 Å². The van der Waals surface area contributed by atoms with Gasteiger partial charge < -0.3 is 25.5 Å². The van der Waals surface area contributed by atoms with Crippen LogP contribution in [0.2, 0.25) is 0 Å². The fraction of sp³-hybridized carbons (Fsp3) is 0.476. The van der Waals surface area contributed by atoms with Gasteiger partial charge in [-0.1, -0.05) is 25.7 Å². The van der Waals surface area contributed by atoms with Crippen LogP contribution in [-0.4, -0.2) is 57.1 Å². The molecule has 0 bridgehead atoms. The zero-order valence-electron chi connectivity index (χ0n) is 18.8. The van der Waals surface area contributed by atoms with Crippen LogP contribution in [-0.2, 0) is 18.9 Å². The molecule has 10 nitrogen and oxygen atoms in total. The van der Waals surface area contributed by atoms with Crippen molar-refractivity contribution in [1.82, 2.24) is 16.0 Å². The van der Waals surface area contributed by atoms with Crippen LogP contribution in [0.1, 0.15) is 39.2 Å². The van der Waals surface area contributed by atoms with Crippen molar-refractivity contribution in [1.29, 1.82) is 0 Å². The van der Waals surface area contributed by atoms with Crippen LogP contribution in [0.5, 0.6) is 0 Å². The number of benzene rings is 1. The van der Waals surface area contributed by atoms with Gasteiger partial charge in [-0.05, 0) is 31.4 Å². The highest BCUT2D eigenvalue weighted by Gasteiger charge is 2.28. The van der Waals surface area contributed by atoms with Crippen LogP contribution in [0.15, 0.2) is 18.2 Å². The molecule has 0 aromatic heterocycles. The number of hydrogen-bond acceptors (Lipinski definition) is 5. The summed E-state index contributed by atoms with van der Waals surface area (Å²) in [5, 5.41) is 16.1. The van der Waals surface area contributed by atoms with Gasteiger partial charge in [-0.25, -0.2) is 8.78 Å². The van der Waals surface area contributed by atoms with Gasteiger partial charge in [0.1, 0.15) is 23.7 Å². The Balaban J connectivity index is 3.05. The molecule has 34 heavy (non-hydrogen) atoms. The standard InChI is InChI=1S/C21H28F2N3O7P/c1-12(2)9-18(20(28)25-13(3)21(29)30)26-19(27)17(24-11-34(31,32)33)6-4-5-14-7-8-15(22)10-16(14)23/h7-8,10,12-13,17-18,24H,6,9,11H2,1-3H3,(H,25,28)(H,26,27)(H,29,30)(H2,31,32,33)/t13-,17-,18-/m0/s1. The molecule has 0 unspecified atom stereocenters. The van der Waals surface area contributed by atoms with E-state index < -0.39 is 61.4 Å². The van der Waals surface area contributed by atoms with E-state index in [9.17, 15) is 27.7 Å². The number of aliphatic carboxylic acids is 1. The van der Waals surface area contributed by atoms with E-state index in [1.807, 2.05) is 0 Å². The Morgan fingerprint density at radius 2 is 1.68 bits per heavy atom. The van der Waals surface area contributed by atoms with E-state index in [1.165, 1.54) is 6.92 Å². The van der Waals surface area contributed by atoms with Gasteiger partial charge in [0.25, 0.3) is 0 Å². The Bertz CT molecular complexity index is 1000. The topological polar surface area (TPSA) is 165 Å². The average molecular weight is 503 g/mol. The Hall–Kier alpha value is -2.84. The van der Waals surface area contributed by atoms with Crippen molar-refractivity contribution in [3.8, 4) is 11.8 Å². The molecule has 188 valence electrons. The SMILES string of the molecule is CC(C)C[C@H](NC(=O)[C@H](CC#Cc1ccc(F)cc1F)NCP(=O)(O)O)C(=O)N[C@@H](C)C(=O)O. The zero-order valence-corrected chi connectivity index (χ0v) is 19.7. The molecular weight excluding hydrogens is 475 g/mol. The summed E-state index contributed by atoms with van der Waals surface area (Å²) in [7, 11) is -4.55. The lowest BCUT2D eigenvalue weighted by Gasteiger charge is -2.24. The Labute approximate surface area is 195 Å². The summed E-state index contributed by atoms with van der Waals surface area (Å²) >= 11 is 0. The van der Waals surface area contributed by atoms with Gasteiger partial charge in [0, 0.05) is 12.5 Å². The highest BCUT2D eigenvalue weighted by atomic mass is 31.2. The summed E-state index contributed by atoms with van der Waals surface area (Å²) in [5.74, 6) is 0.293. The van der Waals surface area contributed by atoms with Crippen molar-refractivity contribution in [2.45, 2.75) is 51.7 Å². The number of hydrogen-bond donors (Lipinski definition) is 6. The average Bonchev–Trinajstić information content (AvgIpc) is 2.69. The van der Waals surface area contributed by atoms with Crippen molar-refractivity contribution in [2.24, 2.45) is 5.92 Å². The summed E-state index contributed by atoms with van der Waals surface area (Å²) < 4.78 is 38.0. The number of rotatable bonds is 11. The molecule has 0 saturated heterocycles. The molecule has 2 amide bonds. The highest BCUT2D eigenvalue weighted by molar-refractivity contribution is 7.51. The molecular formula is C21H28F2N3O7P. The van der Waals surface area contributed by atoms with Gasteiger partial charge in [-0.3, -0.25) is 24.3 Å². The van der Waals surface area contributed by atoms with Crippen molar-refractivity contribution < 1.29 is 42.6 Å². The summed E-state index contributed by atoms with van der Waals surface area (Å²) in [4.78, 5) is 54.6. The first-order chi connectivity index (χ1) is 15.7. The Morgan fingerprint density at radius 3 is 2.21 bits per heavy atom. The molecule has 1 rings (SSSR count). The molecule has 0 aliphatic rings. The van der Waals surface area contributed by atoms with Gasteiger partial charge in [-0.2, -0.15) is 0 Å². The molecule has 1 aromatic rings. The molecule has 0 aliphatic carbocycles. The normalized spacial score (nSPS) is 13.9. The maximum absolute atomic E-state index is 13.8. The van der Waals surface area contributed by atoms with Crippen molar-refractivity contribution >= 4 is 25.4 Å². The monoisotopic (exact) mass is 503 g/mol. The summed E-state index contributed by atoms with van der Waals surface area (Å²) in [6.07, 6.45) is -1.04. The zero-order chi connectivity index (χ0) is 26.1. The third-order valence-corrected chi connectivity index (χ3v) is 4.98. The van der Waals surface area contributed by atoms with Gasteiger partial charge in [0.15, 0.2) is 0 Å². The van der Waals surface area contributed by atoms with E-state index in [4.69, 9.17) is 14.9 Å². The second-order valence-corrected chi connectivity index (χ2v) is 9.61. The maximum atomic E-state index is 13.8. The molecule has 6 N–H and O–H groups in total. The molecule has 13 heteroatoms. The molecule has 0 saturated carbocycles. The number of carbonyl (C=O) groups is 3. The van der Waals surface area contributed by atoms with E-state index in [0.717, 1.165) is 12.1 Å². The summed E-state index contributed by atoms with van der Waals surface area (Å²) in [6.45, 7) is 4.81. The first-order valence-corrected chi connectivity index (χ1v) is 12.0. The van der Waals surface area contributed by atoms with Gasteiger partial charge in [0.05, 0.1) is 17.9 Å². The minimum atomic E-state index is -4.55. The third kappa shape index (κ3) is 10.9. The Kier molecular flexibility index (Phi) is 11.3. The largest absolute Gasteiger partial charge is 0.480 e. The van der Waals surface area contributed by atoms with E-state index in [2.05, 4.69) is 27.8 Å². The highest BCUT2D eigenvalue weighted by Crippen LogP contribution is 2.32. The number of amides is 2. The molecule has 3 atom stereocenters. The first-order valence-electron chi connectivity index (χ1n) is 10.2. The van der Waals surface area contributed by atoms with Crippen LogP contribution in [0.3, 0.4) is 0 Å². The van der Waals surface area contributed by atoms with E-state index in [0.29, 0.717) is 6.07 Å². The van der Waals surface area contributed by atoms with E-state index in [1.54, 1.807) is 13.8 Å². The first kappa shape index (κ1) is 29.2. The number of nitrogens with one attached hydrogen (secondary N) is 3. The lowest BCUT2D eigenvalue weighted by atomic mass is 10.0. The summed E-state index contributed by atoms with van der Waals surface area (Å²) in [5.41, 5.74) is -0.143. The summed E-state index contributed by atoms with van der Waals surface area (Å²) in [6, 6.07) is -0.912. The van der Waals surface area contributed by atoms with Gasteiger partial charge in [0.2, 0.25) is 11.8 Å². The minimum absolute atomic E-state index is 0.0704. The minimum Gasteiger partial charge on any atom is -0.480 e. The lowest BCUT2D eigenvalue weighted by Crippen LogP contribution is -2.55. The predicted molar refractivity (Wildman–Crippen MR) is 118 cm³/mol. The second kappa shape index (κ2) is 13.2. The number of carbonyl (C=O) groups excluding carboxylic acids is 2. The molecule has 1 aromatic carbocycles. The van der Waals surface area contributed by atoms with Crippen molar-refractivity contribution in [3.05, 3.63) is 35.4 Å². The number of carboxylic acids is 1. The van der Waals surface area contributed by atoms with E-state index >= 15 is 0 Å².